The highest BCUT2D eigenvalue weighted by Gasteiger charge is 2.34. The summed E-state index contributed by atoms with van der Waals surface area (Å²) in [6.07, 6.45) is -1.53. The number of hydrogen-bond donors (Lipinski definition) is 1. The number of carbonyl (C=O) groups excluding carboxylic acids is 1. The third-order valence-corrected chi connectivity index (χ3v) is 6.21. The number of aromatic amines is 1. The number of aromatic nitrogens is 3. The van der Waals surface area contributed by atoms with Crippen molar-refractivity contribution in [2.45, 2.75) is 23.6 Å². The highest BCUT2D eigenvalue weighted by Crippen LogP contribution is 2.36. The molecule has 0 aliphatic carbocycles. The van der Waals surface area contributed by atoms with Crippen LogP contribution in [0.2, 0.25) is 0 Å². The van der Waals surface area contributed by atoms with Gasteiger partial charge in [-0.15, -0.1) is 0 Å². The first kappa shape index (κ1) is 25.4. The number of amides is 1. The number of H-pyrrole nitrogens is 1. The molecule has 36 heavy (non-hydrogen) atoms. The minimum absolute atomic E-state index is 0.0743. The van der Waals surface area contributed by atoms with Crippen LogP contribution in [0.15, 0.2) is 72.1 Å². The molecule has 2 aromatic carbocycles. The van der Waals surface area contributed by atoms with Crippen LogP contribution in [-0.2, 0) is 18.5 Å². The fraction of sp³-hybridized carbons (Fsp3) is 0.160. The van der Waals surface area contributed by atoms with Crippen LogP contribution >= 0.6 is 11.8 Å². The van der Waals surface area contributed by atoms with Gasteiger partial charge in [-0.1, -0.05) is 17.8 Å². The lowest BCUT2D eigenvalue weighted by Crippen LogP contribution is -2.27. The van der Waals surface area contributed by atoms with Gasteiger partial charge in [0.15, 0.2) is 5.16 Å². The Morgan fingerprint density at radius 3 is 2.39 bits per heavy atom. The maximum absolute atomic E-state index is 14.3. The summed E-state index contributed by atoms with van der Waals surface area (Å²) < 4.78 is 67.8. The molecule has 0 aliphatic rings. The topological polar surface area (TPSA) is 61.9 Å². The number of rotatable bonds is 7. The number of hydrogen-bond acceptors (Lipinski definition) is 4. The summed E-state index contributed by atoms with van der Waals surface area (Å²) >= 11 is 0.824. The molecule has 0 radical (unpaired) electrons. The van der Waals surface area contributed by atoms with E-state index >= 15 is 0 Å². The molecule has 4 rings (SSSR count). The van der Waals surface area contributed by atoms with E-state index in [-0.39, 0.29) is 28.8 Å². The molecule has 0 aliphatic heterocycles. The summed E-state index contributed by atoms with van der Waals surface area (Å²) in [5.41, 5.74) is -0.0513. The van der Waals surface area contributed by atoms with Crippen LogP contribution < -0.4 is 0 Å². The minimum Gasteiger partial charge on any atom is -0.336 e. The van der Waals surface area contributed by atoms with Gasteiger partial charge in [0, 0.05) is 42.9 Å². The van der Waals surface area contributed by atoms with E-state index in [0.29, 0.717) is 5.56 Å². The molecule has 0 saturated carbocycles. The molecule has 2 heterocycles. The highest BCUT2D eigenvalue weighted by molar-refractivity contribution is 7.98. The molecule has 1 amide bonds. The number of nitrogens with one attached hydrogen (secondary N) is 1. The summed E-state index contributed by atoms with van der Waals surface area (Å²) in [5, 5.41) is 0.117. The van der Waals surface area contributed by atoms with Crippen molar-refractivity contribution >= 4 is 17.7 Å². The normalized spacial score (nSPS) is 11.5. The number of benzene rings is 2. The number of carbonyl (C=O) groups is 1. The molecule has 2 aromatic heterocycles. The SMILES string of the molecule is CN(Cc1ccncc1)C(=O)c1[nH]c(SCc2c(F)cccc2C(F)(F)F)nc1-c1ccc(F)cc1. The van der Waals surface area contributed by atoms with Gasteiger partial charge in [0.2, 0.25) is 0 Å². The van der Waals surface area contributed by atoms with Gasteiger partial charge in [0.1, 0.15) is 23.0 Å². The highest BCUT2D eigenvalue weighted by atomic mass is 32.2. The van der Waals surface area contributed by atoms with Crippen LogP contribution in [0, 0.1) is 11.6 Å². The monoisotopic (exact) mass is 518 g/mol. The van der Waals surface area contributed by atoms with Gasteiger partial charge in [-0.2, -0.15) is 13.2 Å². The molecule has 0 bridgehead atoms. The van der Waals surface area contributed by atoms with Crippen LogP contribution in [0.1, 0.15) is 27.2 Å². The standard InChI is InChI=1S/C25H19F5N4OS/c1-34(13-15-9-11-31-12-10-15)23(35)22-21(16-5-7-17(26)8-6-16)32-24(33-22)36-14-18-19(25(28,29)30)3-2-4-20(18)27/h2-12H,13-14H2,1H3,(H,32,33). The third-order valence-electron chi connectivity index (χ3n) is 5.31. The smallest absolute Gasteiger partial charge is 0.336 e. The Bertz CT molecular complexity index is 1360. The number of pyridine rings is 1. The van der Waals surface area contributed by atoms with Crippen molar-refractivity contribution in [1.82, 2.24) is 19.9 Å². The molecule has 11 heteroatoms. The van der Waals surface area contributed by atoms with E-state index in [1.807, 2.05) is 0 Å². The van der Waals surface area contributed by atoms with Crippen LogP contribution in [0.3, 0.4) is 0 Å². The van der Waals surface area contributed by atoms with Crippen molar-refractivity contribution in [3.63, 3.8) is 0 Å². The minimum atomic E-state index is -4.72. The predicted octanol–water partition coefficient (Wildman–Crippen LogP) is 6.33. The second kappa shape index (κ2) is 10.5. The van der Waals surface area contributed by atoms with Crippen molar-refractivity contribution in [2.75, 3.05) is 7.05 Å². The zero-order valence-electron chi connectivity index (χ0n) is 18.8. The van der Waals surface area contributed by atoms with Crippen molar-refractivity contribution in [1.29, 1.82) is 0 Å². The van der Waals surface area contributed by atoms with Crippen LogP contribution in [0.25, 0.3) is 11.3 Å². The van der Waals surface area contributed by atoms with E-state index in [9.17, 15) is 26.7 Å². The Morgan fingerprint density at radius 2 is 1.72 bits per heavy atom. The molecule has 0 unspecified atom stereocenters. The Hall–Kier alpha value is -3.73. The molecular formula is C25H19F5N4OS. The zero-order valence-corrected chi connectivity index (χ0v) is 19.6. The zero-order chi connectivity index (χ0) is 25.9. The maximum atomic E-state index is 14.3. The molecule has 0 atom stereocenters. The average Bonchev–Trinajstić information content (AvgIpc) is 3.27. The second-order valence-corrected chi connectivity index (χ2v) is 8.81. The lowest BCUT2D eigenvalue weighted by Gasteiger charge is -2.17. The average molecular weight is 519 g/mol. The van der Waals surface area contributed by atoms with Crippen LogP contribution in [0.5, 0.6) is 0 Å². The van der Waals surface area contributed by atoms with E-state index in [0.717, 1.165) is 35.5 Å². The molecular weight excluding hydrogens is 499 g/mol. The van der Waals surface area contributed by atoms with Gasteiger partial charge in [-0.3, -0.25) is 9.78 Å². The fourth-order valence-electron chi connectivity index (χ4n) is 3.53. The number of imidazole rings is 1. The van der Waals surface area contributed by atoms with E-state index < -0.39 is 34.8 Å². The Kier molecular flexibility index (Phi) is 7.39. The second-order valence-electron chi connectivity index (χ2n) is 7.84. The van der Waals surface area contributed by atoms with E-state index in [1.54, 1.807) is 31.6 Å². The first-order valence-corrected chi connectivity index (χ1v) is 11.6. The maximum Gasteiger partial charge on any atom is 0.416 e. The summed E-state index contributed by atoms with van der Waals surface area (Å²) in [6.45, 7) is 0.260. The Balaban J connectivity index is 1.65. The summed E-state index contributed by atoms with van der Waals surface area (Å²) in [4.78, 5) is 25.9. The van der Waals surface area contributed by atoms with Gasteiger partial charge in [0.05, 0.1) is 5.56 Å². The lowest BCUT2D eigenvalue weighted by molar-refractivity contribution is -0.138. The Morgan fingerprint density at radius 1 is 1.03 bits per heavy atom. The number of alkyl halides is 3. The third kappa shape index (κ3) is 5.73. The predicted molar refractivity (Wildman–Crippen MR) is 125 cm³/mol. The summed E-state index contributed by atoms with van der Waals surface area (Å²) in [7, 11) is 1.58. The molecule has 186 valence electrons. The van der Waals surface area contributed by atoms with Crippen molar-refractivity contribution in [3.05, 3.63) is 101 Å². The van der Waals surface area contributed by atoms with Gasteiger partial charge >= 0.3 is 6.18 Å². The first-order chi connectivity index (χ1) is 17.1. The number of thioether (sulfide) groups is 1. The number of halogens is 5. The molecule has 0 spiro atoms. The number of nitrogens with zero attached hydrogens (tertiary/aromatic N) is 3. The largest absolute Gasteiger partial charge is 0.416 e. The first-order valence-electron chi connectivity index (χ1n) is 10.6. The van der Waals surface area contributed by atoms with Crippen molar-refractivity contribution in [2.24, 2.45) is 0 Å². The van der Waals surface area contributed by atoms with Gasteiger partial charge < -0.3 is 9.88 Å². The quantitative estimate of drug-likeness (QED) is 0.229. The molecule has 0 saturated heterocycles. The van der Waals surface area contributed by atoms with Gasteiger partial charge in [0.25, 0.3) is 5.91 Å². The van der Waals surface area contributed by atoms with Crippen LogP contribution in [-0.4, -0.2) is 32.8 Å². The Labute approximate surface area is 207 Å². The van der Waals surface area contributed by atoms with E-state index in [2.05, 4.69) is 15.0 Å². The summed E-state index contributed by atoms with van der Waals surface area (Å²) in [6, 6.07) is 11.6. The van der Waals surface area contributed by atoms with E-state index in [4.69, 9.17) is 0 Å². The van der Waals surface area contributed by atoms with Gasteiger partial charge in [-0.25, -0.2) is 13.8 Å². The van der Waals surface area contributed by atoms with Crippen molar-refractivity contribution in [3.8, 4) is 11.3 Å². The molecule has 0 fully saturated rings. The molecule has 5 nitrogen and oxygen atoms in total. The molecule has 4 aromatic rings. The van der Waals surface area contributed by atoms with Gasteiger partial charge in [-0.05, 0) is 54.1 Å². The molecule has 1 N–H and O–H groups in total. The summed E-state index contributed by atoms with van der Waals surface area (Å²) in [5.74, 6) is -2.28. The lowest BCUT2D eigenvalue weighted by atomic mass is 10.1. The van der Waals surface area contributed by atoms with Crippen LogP contribution in [0.4, 0.5) is 22.0 Å². The fourth-order valence-corrected chi connectivity index (χ4v) is 4.43. The van der Waals surface area contributed by atoms with Crippen molar-refractivity contribution < 1.29 is 26.7 Å². The van der Waals surface area contributed by atoms with E-state index in [1.165, 1.54) is 29.2 Å².